The minimum Gasteiger partial charge on any atom is -0.439 e. The van der Waals surface area contributed by atoms with Crippen molar-refractivity contribution in [1.29, 1.82) is 0 Å². The number of hydrogen-bond acceptors (Lipinski definition) is 6. The zero-order chi connectivity index (χ0) is 24.7. The fraction of sp³-hybridized carbons (Fsp3) is 0.393. The van der Waals surface area contributed by atoms with Crippen LogP contribution in [0.2, 0.25) is 0 Å². The van der Waals surface area contributed by atoms with Crippen LogP contribution in [0.3, 0.4) is 0 Å². The molecule has 2 N–H and O–H groups in total. The van der Waals surface area contributed by atoms with E-state index in [2.05, 4.69) is 56.6 Å². The number of hydrogen-bond donors (Lipinski definition) is 2. The first-order valence-corrected chi connectivity index (χ1v) is 13.3. The molecule has 2 aromatic carbocycles. The van der Waals surface area contributed by atoms with E-state index >= 15 is 0 Å². The zero-order valence-electron chi connectivity index (χ0n) is 20.8. The van der Waals surface area contributed by atoms with Crippen LogP contribution in [-0.2, 0) is 6.54 Å². The van der Waals surface area contributed by atoms with Crippen molar-refractivity contribution in [2.75, 3.05) is 41.3 Å². The van der Waals surface area contributed by atoms with Crippen LogP contribution in [-0.4, -0.2) is 41.3 Å². The van der Waals surface area contributed by atoms with Gasteiger partial charge in [-0.15, -0.1) is 0 Å². The van der Waals surface area contributed by atoms with Gasteiger partial charge < -0.3 is 25.2 Å². The number of nitrogens with one attached hydrogen (secondary N) is 2. The maximum Gasteiger partial charge on any atom is 0.234 e. The van der Waals surface area contributed by atoms with Crippen molar-refractivity contribution >= 4 is 34.8 Å². The van der Waals surface area contributed by atoms with Crippen LogP contribution in [0.1, 0.15) is 38.2 Å². The van der Waals surface area contributed by atoms with Crippen molar-refractivity contribution < 1.29 is 4.74 Å². The van der Waals surface area contributed by atoms with Gasteiger partial charge in [0, 0.05) is 44.5 Å². The number of nitrogens with zero attached hydrogens (tertiary/aromatic N) is 4. The van der Waals surface area contributed by atoms with E-state index in [4.69, 9.17) is 21.9 Å². The molecule has 0 unspecified atom stereocenters. The van der Waals surface area contributed by atoms with Crippen LogP contribution >= 0.6 is 12.2 Å². The van der Waals surface area contributed by atoms with Crippen molar-refractivity contribution in [1.82, 2.24) is 15.3 Å². The van der Waals surface area contributed by atoms with Gasteiger partial charge in [0.1, 0.15) is 11.6 Å². The van der Waals surface area contributed by atoms with Gasteiger partial charge in [0.15, 0.2) is 5.11 Å². The maximum absolute atomic E-state index is 6.05. The second-order valence-corrected chi connectivity index (χ2v) is 10.0. The van der Waals surface area contributed by atoms with Crippen molar-refractivity contribution in [3.8, 4) is 11.6 Å². The Morgan fingerprint density at radius 3 is 2.39 bits per heavy atom. The summed E-state index contributed by atoms with van der Waals surface area (Å²) in [7, 11) is 0. The average molecular weight is 503 g/mol. The summed E-state index contributed by atoms with van der Waals surface area (Å²) in [5, 5.41) is 6.93. The second kappa shape index (κ2) is 11.6. The highest BCUT2D eigenvalue weighted by Gasteiger charge is 2.19. The van der Waals surface area contributed by atoms with Gasteiger partial charge in [-0.25, -0.2) is 0 Å². The Balaban J connectivity index is 1.24. The van der Waals surface area contributed by atoms with E-state index in [1.54, 1.807) is 0 Å². The average Bonchev–Trinajstić information content (AvgIpc) is 3.44. The number of piperidine rings is 1. The van der Waals surface area contributed by atoms with E-state index < -0.39 is 0 Å². The Hall–Kier alpha value is -3.39. The highest BCUT2D eigenvalue weighted by molar-refractivity contribution is 7.80. The number of benzene rings is 2. The lowest BCUT2D eigenvalue weighted by molar-refractivity contribution is 0.434. The highest BCUT2D eigenvalue weighted by Crippen LogP contribution is 2.28. The first-order valence-electron chi connectivity index (χ1n) is 12.9. The molecule has 3 heterocycles. The van der Waals surface area contributed by atoms with Gasteiger partial charge in [0.25, 0.3) is 0 Å². The normalized spacial score (nSPS) is 16.1. The molecule has 2 saturated heterocycles. The van der Waals surface area contributed by atoms with E-state index in [1.807, 2.05) is 36.4 Å². The van der Waals surface area contributed by atoms with Gasteiger partial charge in [-0.2, -0.15) is 9.97 Å². The summed E-state index contributed by atoms with van der Waals surface area (Å²) in [5.41, 5.74) is 2.47. The zero-order valence-corrected chi connectivity index (χ0v) is 21.6. The van der Waals surface area contributed by atoms with Crippen molar-refractivity contribution in [2.45, 2.75) is 39.2 Å². The van der Waals surface area contributed by atoms with Gasteiger partial charge in [0.2, 0.25) is 11.8 Å². The first kappa shape index (κ1) is 24.3. The van der Waals surface area contributed by atoms with Crippen LogP contribution in [0, 0.1) is 5.92 Å². The molecule has 188 valence electrons. The van der Waals surface area contributed by atoms with Gasteiger partial charge in [-0.3, -0.25) is 0 Å². The van der Waals surface area contributed by atoms with Crippen molar-refractivity contribution in [3.05, 3.63) is 66.2 Å². The van der Waals surface area contributed by atoms with Gasteiger partial charge in [-0.05, 0) is 73.6 Å². The Labute approximate surface area is 218 Å². The molecule has 36 heavy (non-hydrogen) atoms. The van der Waals surface area contributed by atoms with Gasteiger partial charge in [0.05, 0.1) is 0 Å². The molecule has 2 fully saturated rings. The summed E-state index contributed by atoms with van der Waals surface area (Å²) < 4.78 is 6.05. The van der Waals surface area contributed by atoms with E-state index in [1.165, 1.54) is 24.1 Å². The molecule has 7 nitrogen and oxygen atoms in total. The van der Waals surface area contributed by atoms with Crippen LogP contribution in [0.4, 0.5) is 17.5 Å². The highest BCUT2D eigenvalue weighted by atomic mass is 32.1. The molecule has 2 aliphatic heterocycles. The smallest absolute Gasteiger partial charge is 0.234 e. The first-order chi connectivity index (χ1) is 17.6. The monoisotopic (exact) mass is 502 g/mol. The molecule has 0 aliphatic carbocycles. The lowest BCUT2D eigenvalue weighted by Gasteiger charge is -2.31. The van der Waals surface area contributed by atoms with E-state index in [-0.39, 0.29) is 0 Å². The number of para-hydroxylation sites is 1. The Morgan fingerprint density at radius 1 is 0.944 bits per heavy atom. The molecule has 0 bridgehead atoms. The minimum absolute atomic E-state index is 0.430. The molecular weight excluding hydrogens is 468 g/mol. The quantitative estimate of drug-likeness (QED) is 0.405. The Morgan fingerprint density at radius 2 is 1.67 bits per heavy atom. The third-order valence-corrected chi connectivity index (χ3v) is 7.09. The molecular formula is C28H34N6OS. The molecule has 0 spiro atoms. The lowest BCUT2D eigenvalue weighted by Crippen LogP contribution is -2.34. The molecule has 0 atom stereocenters. The molecule has 1 aromatic heterocycles. The molecule has 0 amide bonds. The van der Waals surface area contributed by atoms with Crippen LogP contribution in [0.15, 0.2) is 60.7 Å². The summed E-state index contributed by atoms with van der Waals surface area (Å²) in [6.07, 6.45) is 4.86. The largest absolute Gasteiger partial charge is 0.439 e. The standard InChI is InChI=1S/C28H34N6OS/c1-21-13-17-34(18-14-21)25-19-26(35-24-7-3-2-4-8-24)31-27(30-25)32-28(36)29-20-22-9-11-23(12-10-22)33-15-5-6-16-33/h2-4,7-12,19,21H,5-6,13-18,20H2,1H3,(H2,29,30,31,32,36). The Kier molecular flexibility index (Phi) is 7.81. The minimum atomic E-state index is 0.430. The number of ether oxygens (including phenoxy) is 1. The number of anilines is 3. The molecule has 0 radical (unpaired) electrons. The fourth-order valence-corrected chi connectivity index (χ4v) is 4.82. The fourth-order valence-electron chi connectivity index (χ4n) is 4.66. The SMILES string of the molecule is CC1CCN(c2cc(Oc3ccccc3)nc(NC(=S)NCc3ccc(N4CCCC4)cc3)n2)CC1. The molecule has 8 heteroatoms. The Bertz CT molecular complexity index is 1140. The third-order valence-electron chi connectivity index (χ3n) is 6.85. The van der Waals surface area contributed by atoms with Crippen LogP contribution in [0.25, 0.3) is 0 Å². The van der Waals surface area contributed by atoms with Gasteiger partial charge >= 0.3 is 0 Å². The summed E-state index contributed by atoms with van der Waals surface area (Å²) in [4.78, 5) is 14.1. The van der Waals surface area contributed by atoms with Crippen LogP contribution in [0.5, 0.6) is 11.6 Å². The number of rotatable bonds is 7. The summed E-state index contributed by atoms with van der Waals surface area (Å²) >= 11 is 5.57. The summed E-state index contributed by atoms with van der Waals surface area (Å²) in [6.45, 7) is 7.17. The number of aromatic nitrogens is 2. The van der Waals surface area contributed by atoms with Crippen molar-refractivity contribution in [2.24, 2.45) is 5.92 Å². The summed E-state index contributed by atoms with van der Waals surface area (Å²) in [6, 6.07) is 20.3. The molecule has 2 aliphatic rings. The van der Waals surface area contributed by atoms with E-state index in [0.717, 1.165) is 56.5 Å². The second-order valence-electron chi connectivity index (χ2n) is 9.64. The molecule has 5 rings (SSSR count). The van der Waals surface area contributed by atoms with E-state index in [9.17, 15) is 0 Å². The molecule has 0 saturated carbocycles. The number of thiocarbonyl (C=S) groups is 1. The lowest BCUT2D eigenvalue weighted by atomic mass is 9.99. The molecule has 3 aromatic rings. The predicted octanol–water partition coefficient (Wildman–Crippen LogP) is 5.59. The van der Waals surface area contributed by atoms with Crippen LogP contribution < -0.4 is 25.2 Å². The topological polar surface area (TPSA) is 65.6 Å². The third kappa shape index (κ3) is 6.43. The van der Waals surface area contributed by atoms with E-state index in [0.29, 0.717) is 23.5 Å². The summed E-state index contributed by atoms with van der Waals surface area (Å²) in [5.74, 6) is 3.25. The van der Waals surface area contributed by atoms with Crippen molar-refractivity contribution in [3.63, 3.8) is 0 Å². The predicted molar refractivity (Wildman–Crippen MR) is 150 cm³/mol. The maximum atomic E-state index is 6.05. The van der Waals surface area contributed by atoms with Gasteiger partial charge in [-0.1, -0.05) is 37.3 Å².